The lowest BCUT2D eigenvalue weighted by atomic mass is 10.0. The van der Waals surface area contributed by atoms with Crippen LogP contribution in [-0.4, -0.2) is 22.7 Å². The number of carbonyl (C=O) groups excluding carboxylic acids is 1. The van der Waals surface area contributed by atoms with Gasteiger partial charge >= 0.3 is 0 Å². The zero-order valence-electron chi connectivity index (χ0n) is 8.16. The van der Waals surface area contributed by atoms with Gasteiger partial charge in [0.25, 0.3) is 5.91 Å². The highest BCUT2D eigenvalue weighted by Crippen LogP contribution is 2.19. The maximum absolute atomic E-state index is 11.5. The normalized spacial score (nSPS) is 23.8. The lowest BCUT2D eigenvalue weighted by Crippen LogP contribution is -2.31. The van der Waals surface area contributed by atoms with E-state index in [2.05, 4.69) is 5.10 Å². The predicted molar refractivity (Wildman–Crippen MR) is 48.9 cm³/mol. The Morgan fingerprint density at radius 2 is 2.17 bits per heavy atom. The van der Waals surface area contributed by atoms with Gasteiger partial charge in [-0.15, -0.1) is 0 Å². The molecule has 0 aromatic rings. The van der Waals surface area contributed by atoms with E-state index in [1.165, 1.54) is 0 Å². The quantitative estimate of drug-likeness (QED) is 0.617. The topological polar surface area (TPSA) is 32.7 Å². The van der Waals surface area contributed by atoms with E-state index in [0.717, 1.165) is 12.1 Å². The molecule has 1 amide bonds. The summed E-state index contributed by atoms with van der Waals surface area (Å²) < 4.78 is 0. The SMILES string of the molecule is CCC1=NN(C(C)C)C(=O)C1C. The van der Waals surface area contributed by atoms with Crippen molar-refractivity contribution in [3.05, 3.63) is 0 Å². The van der Waals surface area contributed by atoms with E-state index < -0.39 is 0 Å². The van der Waals surface area contributed by atoms with Crippen molar-refractivity contribution in [1.82, 2.24) is 5.01 Å². The molecule has 0 spiro atoms. The molecule has 0 fully saturated rings. The zero-order chi connectivity index (χ0) is 9.30. The Balaban J connectivity index is 2.82. The van der Waals surface area contributed by atoms with Crippen molar-refractivity contribution in [2.24, 2.45) is 11.0 Å². The molecule has 1 atom stereocenters. The van der Waals surface area contributed by atoms with Gasteiger partial charge in [-0.1, -0.05) is 6.92 Å². The Morgan fingerprint density at radius 1 is 1.58 bits per heavy atom. The minimum Gasteiger partial charge on any atom is -0.272 e. The van der Waals surface area contributed by atoms with E-state index in [4.69, 9.17) is 0 Å². The number of carbonyl (C=O) groups is 1. The first-order valence-electron chi connectivity index (χ1n) is 4.48. The van der Waals surface area contributed by atoms with Gasteiger partial charge in [-0.3, -0.25) is 4.79 Å². The minimum absolute atomic E-state index is 0.00241. The summed E-state index contributed by atoms with van der Waals surface area (Å²) in [7, 11) is 0. The highest BCUT2D eigenvalue weighted by Gasteiger charge is 2.32. The first-order valence-corrected chi connectivity index (χ1v) is 4.48. The van der Waals surface area contributed by atoms with Crippen LogP contribution in [0, 0.1) is 5.92 Å². The van der Waals surface area contributed by atoms with Crippen LogP contribution in [0.5, 0.6) is 0 Å². The zero-order valence-corrected chi connectivity index (χ0v) is 8.16. The number of amides is 1. The standard InChI is InChI=1S/C9H16N2O/c1-5-8-7(4)9(12)11(10-8)6(2)3/h6-7H,5H2,1-4H3. The summed E-state index contributed by atoms with van der Waals surface area (Å²) in [4.78, 5) is 11.5. The largest absolute Gasteiger partial charge is 0.272 e. The molecular weight excluding hydrogens is 152 g/mol. The van der Waals surface area contributed by atoms with Gasteiger partial charge in [-0.05, 0) is 27.2 Å². The molecule has 1 aliphatic rings. The van der Waals surface area contributed by atoms with Gasteiger partial charge in [-0.2, -0.15) is 5.10 Å². The van der Waals surface area contributed by atoms with E-state index in [1.807, 2.05) is 27.7 Å². The van der Waals surface area contributed by atoms with Crippen LogP contribution in [0.25, 0.3) is 0 Å². The molecule has 0 saturated carbocycles. The Labute approximate surface area is 73.4 Å². The Hall–Kier alpha value is -0.860. The summed E-state index contributed by atoms with van der Waals surface area (Å²) in [6, 6.07) is 0.184. The Bertz CT molecular complexity index is 221. The first-order chi connectivity index (χ1) is 5.57. The predicted octanol–water partition coefficient (Wildman–Crippen LogP) is 1.64. The molecule has 0 saturated heterocycles. The van der Waals surface area contributed by atoms with E-state index in [1.54, 1.807) is 5.01 Å². The smallest absolute Gasteiger partial charge is 0.251 e. The molecule has 0 aliphatic carbocycles. The third-order valence-electron chi connectivity index (χ3n) is 2.18. The van der Waals surface area contributed by atoms with Crippen molar-refractivity contribution in [3.63, 3.8) is 0 Å². The van der Waals surface area contributed by atoms with Crippen molar-refractivity contribution in [2.45, 2.75) is 40.2 Å². The van der Waals surface area contributed by atoms with Crippen molar-refractivity contribution >= 4 is 11.6 Å². The summed E-state index contributed by atoms with van der Waals surface area (Å²) in [6.45, 7) is 7.92. The number of nitrogens with zero attached hydrogens (tertiary/aromatic N) is 2. The van der Waals surface area contributed by atoms with Crippen molar-refractivity contribution in [1.29, 1.82) is 0 Å². The minimum atomic E-state index is -0.00241. The van der Waals surface area contributed by atoms with E-state index in [0.29, 0.717) is 0 Å². The molecule has 12 heavy (non-hydrogen) atoms. The molecular formula is C9H16N2O. The Morgan fingerprint density at radius 3 is 2.42 bits per heavy atom. The molecule has 0 radical (unpaired) electrons. The van der Waals surface area contributed by atoms with Gasteiger partial charge < -0.3 is 0 Å². The maximum atomic E-state index is 11.5. The fraction of sp³-hybridized carbons (Fsp3) is 0.778. The van der Waals surface area contributed by atoms with Crippen LogP contribution in [0.4, 0.5) is 0 Å². The molecule has 3 heteroatoms. The fourth-order valence-electron chi connectivity index (χ4n) is 1.36. The van der Waals surface area contributed by atoms with Gasteiger partial charge in [0.2, 0.25) is 0 Å². The first kappa shape index (κ1) is 9.23. The average molecular weight is 168 g/mol. The second-order valence-corrected chi connectivity index (χ2v) is 3.44. The molecule has 0 N–H and O–H groups in total. The molecule has 0 bridgehead atoms. The maximum Gasteiger partial charge on any atom is 0.251 e. The second kappa shape index (κ2) is 3.25. The Kier molecular flexibility index (Phi) is 2.50. The number of hydrogen-bond donors (Lipinski definition) is 0. The fourth-order valence-corrected chi connectivity index (χ4v) is 1.36. The highest BCUT2D eigenvalue weighted by atomic mass is 16.2. The van der Waals surface area contributed by atoms with E-state index in [9.17, 15) is 4.79 Å². The van der Waals surface area contributed by atoms with Crippen LogP contribution in [0.1, 0.15) is 34.1 Å². The molecule has 3 nitrogen and oxygen atoms in total. The lowest BCUT2D eigenvalue weighted by Gasteiger charge is -2.16. The molecule has 1 aliphatic heterocycles. The van der Waals surface area contributed by atoms with E-state index in [-0.39, 0.29) is 17.9 Å². The number of hydrogen-bond acceptors (Lipinski definition) is 2. The van der Waals surface area contributed by atoms with Crippen LogP contribution in [0.3, 0.4) is 0 Å². The van der Waals surface area contributed by atoms with Gasteiger partial charge in [0.05, 0.1) is 11.6 Å². The molecule has 1 heterocycles. The molecule has 1 unspecified atom stereocenters. The van der Waals surface area contributed by atoms with Gasteiger partial charge in [0, 0.05) is 6.04 Å². The molecule has 1 rings (SSSR count). The number of rotatable bonds is 2. The molecule has 0 aromatic carbocycles. The van der Waals surface area contributed by atoms with E-state index >= 15 is 0 Å². The summed E-state index contributed by atoms with van der Waals surface area (Å²) >= 11 is 0. The lowest BCUT2D eigenvalue weighted by molar-refractivity contribution is -0.132. The van der Waals surface area contributed by atoms with Crippen molar-refractivity contribution in [3.8, 4) is 0 Å². The third-order valence-corrected chi connectivity index (χ3v) is 2.18. The van der Waals surface area contributed by atoms with Gasteiger partial charge in [0.1, 0.15) is 0 Å². The monoisotopic (exact) mass is 168 g/mol. The van der Waals surface area contributed by atoms with Crippen LogP contribution in [0.2, 0.25) is 0 Å². The summed E-state index contributed by atoms with van der Waals surface area (Å²) in [6.07, 6.45) is 0.871. The molecule has 68 valence electrons. The summed E-state index contributed by atoms with van der Waals surface area (Å²) in [5, 5.41) is 5.86. The van der Waals surface area contributed by atoms with Crippen LogP contribution >= 0.6 is 0 Å². The van der Waals surface area contributed by atoms with Crippen molar-refractivity contribution in [2.75, 3.05) is 0 Å². The van der Waals surface area contributed by atoms with Crippen LogP contribution in [0.15, 0.2) is 5.10 Å². The highest BCUT2D eigenvalue weighted by molar-refractivity contribution is 6.07. The van der Waals surface area contributed by atoms with Gasteiger partial charge in [-0.25, -0.2) is 5.01 Å². The summed E-state index contributed by atoms with van der Waals surface area (Å²) in [5.41, 5.74) is 1.01. The molecule has 0 aromatic heterocycles. The van der Waals surface area contributed by atoms with Crippen LogP contribution < -0.4 is 0 Å². The third kappa shape index (κ3) is 1.36. The van der Waals surface area contributed by atoms with Crippen LogP contribution in [-0.2, 0) is 4.79 Å². The summed E-state index contributed by atoms with van der Waals surface area (Å²) in [5.74, 6) is 0.138. The van der Waals surface area contributed by atoms with Gasteiger partial charge in [0.15, 0.2) is 0 Å². The van der Waals surface area contributed by atoms with Crippen molar-refractivity contribution < 1.29 is 4.79 Å². The second-order valence-electron chi connectivity index (χ2n) is 3.44. The number of hydrazone groups is 1. The average Bonchev–Trinajstić information content (AvgIpc) is 2.30.